The molecule has 0 aromatic heterocycles. The van der Waals surface area contributed by atoms with Crippen LogP contribution in [0.1, 0.15) is 35.6 Å². The Labute approximate surface area is 242 Å². The number of hydrogen-bond donors (Lipinski definition) is 6. The average molecular weight is 587 g/mol. The third-order valence-corrected chi connectivity index (χ3v) is 9.37. The second-order valence-electron chi connectivity index (χ2n) is 11.8. The van der Waals surface area contributed by atoms with Crippen LogP contribution in [0.3, 0.4) is 0 Å². The van der Waals surface area contributed by atoms with Crippen LogP contribution in [0.4, 0.5) is 4.79 Å². The van der Waals surface area contributed by atoms with E-state index in [4.69, 9.17) is 10.5 Å². The molecule has 3 aliphatic carbocycles. The predicted molar refractivity (Wildman–Crippen MR) is 148 cm³/mol. The number of carbonyl (C=O) groups is 4. The van der Waals surface area contributed by atoms with Crippen molar-refractivity contribution in [3.05, 3.63) is 33.9 Å². The number of Topliss-reactive ketones (excluding diaryl/α,β-unsaturated/α-hetero) is 2. The second kappa shape index (κ2) is 11.0. The van der Waals surface area contributed by atoms with E-state index in [0.29, 0.717) is 49.4 Å². The van der Waals surface area contributed by atoms with E-state index < -0.39 is 58.7 Å². The molecule has 42 heavy (non-hydrogen) atoms. The summed E-state index contributed by atoms with van der Waals surface area (Å²) in [6.07, 6.45) is -0.984. The largest absolute Gasteiger partial charge is 0.507 e. The Morgan fingerprint density at radius 3 is 2.45 bits per heavy atom. The fraction of sp³-hybridized carbons (Fsp3) is 0.586. The zero-order chi connectivity index (χ0) is 30.7. The molecule has 7 N–H and O–H groups in total. The molecule has 1 heterocycles. The van der Waals surface area contributed by atoms with E-state index in [9.17, 15) is 39.6 Å². The minimum absolute atomic E-state index is 0.0190. The number of nitrogens with zero attached hydrogens (tertiary/aromatic N) is 2. The van der Waals surface area contributed by atoms with Gasteiger partial charge in [0, 0.05) is 37.2 Å². The minimum atomic E-state index is -2.71. The highest BCUT2D eigenvalue weighted by Crippen LogP contribution is 2.53. The maximum absolute atomic E-state index is 14.0. The number of fused-ring (bicyclic) bond motifs is 3. The molecule has 13 nitrogen and oxygen atoms in total. The van der Waals surface area contributed by atoms with Crippen molar-refractivity contribution in [1.82, 2.24) is 15.1 Å². The summed E-state index contributed by atoms with van der Waals surface area (Å²) in [7, 11) is 3.20. The summed E-state index contributed by atoms with van der Waals surface area (Å²) >= 11 is 0. The van der Waals surface area contributed by atoms with Crippen LogP contribution >= 0.6 is 0 Å². The Bertz CT molecular complexity index is 1370. The molecular formula is C29H38N4O9. The third kappa shape index (κ3) is 4.46. The number of aryl methyl sites for hydroxylation is 1. The van der Waals surface area contributed by atoms with Crippen LogP contribution < -0.4 is 11.1 Å². The first-order valence-corrected chi connectivity index (χ1v) is 14.2. The van der Waals surface area contributed by atoms with Crippen molar-refractivity contribution >= 4 is 29.3 Å². The molecule has 228 valence electrons. The van der Waals surface area contributed by atoms with Crippen LogP contribution in [0, 0.1) is 17.8 Å². The van der Waals surface area contributed by atoms with Gasteiger partial charge in [-0.1, -0.05) is 13.0 Å². The number of benzene rings is 1. The van der Waals surface area contributed by atoms with Gasteiger partial charge in [0.25, 0.3) is 0 Å². The summed E-state index contributed by atoms with van der Waals surface area (Å²) in [4.78, 5) is 55.7. The van der Waals surface area contributed by atoms with Gasteiger partial charge in [-0.3, -0.25) is 14.4 Å². The second-order valence-corrected chi connectivity index (χ2v) is 11.8. The van der Waals surface area contributed by atoms with Gasteiger partial charge in [-0.2, -0.15) is 0 Å². The topological polar surface area (TPSA) is 203 Å². The normalized spacial score (nSPS) is 31.0. The number of phenols is 1. The number of hydrogen-bond acceptors (Lipinski definition) is 10. The first kappa shape index (κ1) is 30.0. The van der Waals surface area contributed by atoms with E-state index >= 15 is 0 Å². The fourth-order valence-corrected chi connectivity index (χ4v) is 7.29. The van der Waals surface area contributed by atoms with Crippen LogP contribution in [0.15, 0.2) is 11.6 Å². The highest BCUT2D eigenvalue weighted by molar-refractivity contribution is 6.25. The molecule has 1 aromatic carbocycles. The van der Waals surface area contributed by atoms with Gasteiger partial charge in [0.15, 0.2) is 11.4 Å². The number of urea groups is 1. The lowest BCUT2D eigenvalue weighted by atomic mass is 9.54. The molecule has 1 aliphatic heterocycles. The number of phenolic OH excluding ortho intramolecular Hbond substituents is 1. The summed E-state index contributed by atoms with van der Waals surface area (Å²) in [5, 5.41) is 48.4. The number of morpholine rings is 1. The molecule has 0 bridgehead atoms. The summed E-state index contributed by atoms with van der Waals surface area (Å²) in [5.74, 6) is -7.81. The molecule has 2 saturated carbocycles. The maximum atomic E-state index is 14.0. The van der Waals surface area contributed by atoms with Crippen LogP contribution in [-0.2, 0) is 38.5 Å². The number of nitrogens with two attached hydrogens (primary N) is 1. The molecule has 3 amide bonds. The highest BCUT2D eigenvalue weighted by atomic mass is 16.5. The standard InChI is InChI=1S/C29H38N4O9/c1-4-13-9-15(12-31-28(40)33-5-7-42-8-6-33)16-10-14-11-17-21(32(2)3)24(36)20(27(30)39)26(38)29(17,41)25(37)18(14)23(35)19(16)22(13)34/h9,14,17,20-21,24,34-36,41H,4-8,10-12H2,1-3H3,(H2,30,39)(H,31,40)/t14-,17-,20?,21?,24?,29-/m1/s1. The third-order valence-electron chi connectivity index (χ3n) is 9.37. The van der Waals surface area contributed by atoms with Crippen LogP contribution in [0.5, 0.6) is 5.75 Å². The molecule has 4 aliphatic rings. The number of aliphatic hydroxyl groups excluding tert-OH is 2. The van der Waals surface area contributed by atoms with Crippen LogP contribution in [-0.4, -0.2) is 112 Å². The molecule has 0 radical (unpaired) electrons. The van der Waals surface area contributed by atoms with Gasteiger partial charge in [0.1, 0.15) is 17.4 Å². The van der Waals surface area contributed by atoms with Crippen molar-refractivity contribution in [2.75, 3.05) is 40.4 Å². The zero-order valence-electron chi connectivity index (χ0n) is 23.9. The highest BCUT2D eigenvalue weighted by Gasteiger charge is 2.67. The van der Waals surface area contributed by atoms with E-state index in [1.54, 1.807) is 30.0 Å². The number of nitrogens with one attached hydrogen (secondary N) is 1. The van der Waals surface area contributed by atoms with E-state index in [2.05, 4.69) is 5.32 Å². The Hall–Kier alpha value is -3.52. The summed E-state index contributed by atoms with van der Waals surface area (Å²) < 4.78 is 5.31. The predicted octanol–water partition coefficient (Wildman–Crippen LogP) is -0.767. The fourth-order valence-electron chi connectivity index (χ4n) is 7.29. The summed E-state index contributed by atoms with van der Waals surface area (Å²) in [6, 6.07) is 0.517. The van der Waals surface area contributed by atoms with E-state index in [0.717, 1.165) is 0 Å². The summed E-state index contributed by atoms with van der Waals surface area (Å²) in [5.41, 5.74) is 4.20. The lowest BCUT2D eigenvalue weighted by Crippen LogP contribution is -2.73. The van der Waals surface area contributed by atoms with Crippen molar-refractivity contribution in [1.29, 1.82) is 0 Å². The Morgan fingerprint density at radius 1 is 1.19 bits per heavy atom. The van der Waals surface area contributed by atoms with E-state index in [-0.39, 0.29) is 42.3 Å². The SMILES string of the molecule is CCc1cc(CNC(=O)N2CCOCC2)c2c(c1O)C(O)=C1C(=O)[C@@]3(O)C(=O)C(C(N)=O)C(O)C(N(C)C)[C@H]3C[C@H]1C2. The molecule has 3 fully saturated rings. The Balaban J connectivity index is 1.58. The van der Waals surface area contributed by atoms with Crippen molar-refractivity contribution < 1.29 is 44.3 Å². The number of carbonyl (C=O) groups excluding carboxylic acids is 4. The van der Waals surface area contributed by atoms with Crippen molar-refractivity contribution in [2.24, 2.45) is 23.5 Å². The molecule has 1 saturated heterocycles. The average Bonchev–Trinajstić information content (AvgIpc) is 2.94. The molecule has 5 rings (SSSR count). The zero-order valence-corrected chi connectivity index (χ0v) is 23.9. The Morgan fingerprint density at radius 2 is 1.86 bits per heavy atom. The van der Waals surface area contributed by atoms with Gasteiger partial charge in [-0.05, 0) is 56.0 Å². The van der Waals surface area contributed by atoms with Gasteiger partial charge in [-0.15, -0.1) is 0 Å². The van der Waals surface area contributed by atoms with Gasteiger partial charge in [-0.25, -0.2) is 4.79 Å². The van der Waals surface area contributed by atoms with E-state index in [1.165, 1.54) is 0 Å². The molecule has 13 heteroatoms. The number of likely N-dealkylation sites (N-methyl/N-ethyl adjacent to an activating group) is 1. The molecule has 6 atom stereocenters. The molecular weight excluding hydrogens is 548 g/mol. The van der Waals surface area contributed by atoms with E-state index in [1.807, 2.05) is 6.92 Å². The number of ketones is 2. The first-order valence-electron chi connectivity index (χ1n) is 14.2. The van der Waals surface area contributed by atoms with Gasteiger partial charge in [0.05, 0.1) is 24.9 Å². The number of primary amides is 1. The Kier molecular flexibility index (Phi) is 7.81. The quantitative estimate of drug-likeness (QED) is 0.238. The smallest absolute Gasteiger partial charge is 0.317 e. The van der Waals surface area contributed by atoms with Crippen molar-refractivity contribution in [3.8, 4) is 5.75 Å². The lowest BCUT2D eigenvalue weighted by Gasteiger charge is -2.53. The van der Waals surface area contributed by atoms with Crippen molar-refractivity contribution in [3.63, 3.8) is 0 Å². The van der Waals surface area contributed by atoms with Gasteiger partial charge in [0.2, 0.25) is 11.7 Å². The molecule has 0 spiro atoms. The minimum Gasteiger partial charge on any atom is -0.507 e. The monoisotopic (exact) mass is 586 g/mol. The van der Waals surface area contributed by atoms with Crippen LogP contribution in [0.25, 0.3) is 5.76 Å². The number of ether oxygens (including phenoxy) is 1. The number of rotatable bonds is 5. The maximum Gasteiger partial charge on any atom is 0.317 e. The number of amides is 3. The lowest BCUT2D eigenvalue weighted by molar-refractivity contribution is -0.184. The van der Waals surface area contributed by atoms with Crippen LogP contribution in [0.2, 0.25) is 0 Å². The van der Waals surface area contributed by atoms with Gasteiger partial charge < -0.3 is 46.0 Å². The van der Waals surface area contributed by atoms with Crippen molar-refractivity contribution in [2.45, 2.75) is 50.5 Å². The summed E-state index contributed by atoms with van der Waals surface area (Å²) in [6.45, 7) is 3.70. The molecule has 3 unspecified atom stereocenters. The van der Waals surface area contributed by atoms with Gasteiger partial charge >= 0.3 is 6.03 Å². The molecule has 1 aromatic rings. The number of aromatic hydroxyl groups is 1. The first-order chi connectivity index (χ1) is 19.8. The number of aliphatic hydroxyl groups is 3.